The van der Waals surface area contributed by atoms with Gasteiger partial charge in [0.25, 0.3) is 5.91 Å². The molecule has 0 bridgehead atoms. The van der Waals surface area contributed by atoms with Crippen molar-refractivity contribution in [3.8, 4) is 16.9 Å². The minimum Gasteiger partial charge on any atom is -0.337 e. The predicted octanol–water partition coefficient (Wildman–Crippen LogP) is 4.92. The fourth-order valence-electron chi connectivity index (χ4n) is 3.69. The number of hydrogen-bond acceptors (Lipinski definition) is 2. The molecule has 1 fully saturated rings. The number of aromatic nitrogens is 2. The first kappa shape index (κ1) is 18.4. The Morgan fingerprint density at radius 3 is 2.39 bits per heavy atom. The number of carbonyl (C=O) groups is 1. The van der Waals surface area contributed by atoms with Crippen molar-refractivity contribution in [3.05, 3.63) is 71.2 Å². The highest BCUT2D eigenvalue weighted by Crippen LogP contribution is 2.26. The van der Waals surface area contributed by atoms with Crippen molar-refractivity contribution in [2.45, 2.75) is 33.1 Å². The molecular formula is C23H24FN3O. The van der Waals surface area contributed by atoms with E-state index in [-0.39, 0.29) is 11.7 Å². The summed E-state index contributed by atoms with van der Waals surface area (Å²) in [5, 5.41) is 4.74. The summed E-state index contributed by atoms with van der Waals surface area (Å²) in [5.41, 5.74) is 5.06. The molecular weight excluding hydrogens is 353 g/mol. The standard InChI is InChI=1S/C23H24FN3O/c1-16-6-7-17(2)21(14-16)27-22(23(28)26-12-4-3-5-13-26)15-20(25-27)18-8-10-19(24)11-9-18/h6-11,14-15H,3-5,12-13H2,1-2H3. The van der Waals surface area contributed by atoms with Crippen LogP contribution in [0.15, 0.2) is 48.5 Å². The van der Waals surface area contributed by atoms with Crippen LogP contribution in [0.1, 0.15) is 40.9 Å². The number of rotatable bonds is 3. The van der Waals surface area contributed by atoms with Crippen LogP contribution < -0.4 is 0 Å². The Hall–Kier alpha value is -2.95. The van der Waals surface area contributed by atoms with Gasteiger partial charge in [0.05, 0.1) is 11.4 Å². The second-order valence-electron chi connectivity index (χ2n) is 7.48. The highest BCUT2D eigenvalue weighted by molar-refractivity contribution is 5.94. The van der Waals surface area contributed by atoms with Gasteiger partial charge >= 0.3 is 0 Å². The highest BCUT2D eigenvalue weighted by Gasteiger charge is 2.24. The van der Waals surface area contributed by atoms with Crippen LogP contribution in [0.5, 0.6) is 0 Å². The number of nitrogens with zero attached hydrogens (tertiary/aromatic N) is 3. The van der Waals surface area contributed by atoms with Crippen LogP contribution in [0.4, 0.5) is 4.39 Å². The number of halogens is 1. The lowest BCUT2D eigenvalue weighted by Gasteiger charge is -2.26. The molecule has 2 aromatic carbocycles. The van der Waals surface area contributed by atoms with E-state index in [4.69, 9.17) is 5.10 Å². The van der Waals surface area contributed by atoms with E-state index < -0.39 is 0 Å². The highest BCUT2D eigenvalue weighted by atomic mass is 19.1. The van der Waals surface area contributed by atoms with Gasteiger partial charge in [-0.3, -0.25) is 4.79 Å². The van der Waals surface area contributed by atoms with Crippen molar-refractivity contribution in [3.63, 3.8) is 0 Å². The maximum Gasteiger partial charge on any atom is 0.272 e. The normalized spacial score (nSPS) is 14.3. The van der Waals surface area contributed by atoms with Gasteiger partial charge in [0, 0.05) is 18.7 Å². The molecule has 0 unspecified atom stereocenters. The molecule has 5 heteroatoms. The summed E-state index contributed by atoms with van der Waals surface area (Å²) in [4.78, 5) is 15.2. The molecule has 1 amide bonds. The Labute approximate surface area is 164 Å². The van der Waals surface area contributed by atoms with Gasteiger partial charge in [0.15, 0.2) is 0 Å². The number of likely N-dealkylation sites (tertiary alicyclic amines) is 1. The molecule has 1 aliphatic rings. The summed E-state index contributed by atoms with van der Waals surface area (Å²) in [6.07, 6.45) is 3.24. The fourth-order valence-corrected chi connectivity index (χ4v) is 3.69. The maximum atomic E-state index is 13.3. The minimum atomic E-state index is -0.290. The summed E-state index contributed by atoms with van der Waals surface area (Å²) in [6, 6.07) is 14.2. The zero-order valence-electron chi connectivity index (χ0n) is 16.3. The Balaban J connectivity index is 1.83. The zero-order valence-corrected chi connectivity index (χ0v) is 16.3. The van der Waals surface area contributed by atoms with Gasteiger partial charge in [-0.15, -0.1) is 0 Å². The van der Waals surface area contributed by atoms with E-state index in [9.17, 15) is 9.18 Å². The lowest BCUT2D eigenvalue weighted by Crippen LogP contribution is -2.36. The van der Waals surface area contributed by atoms with Gasteiger partial charge in [-0.2, -0.15) is 5.10 Å². The van der Waals surface area contributed by atoms with Crippen LogP contribution in [-0.4, -0.2) is 33.7 Å². The summed E-state index contributed by atoms with van der Waals surface area (Å²) in [5.74, 6) is -0.288. The van der Waals surface area contributed by atoms with E-state index in [1.807, 2.05) is 36.9 Å². The van der Waals surface area contributed by atoms with E-state index in [1.165, 1.54) is 18.6 Å². The van der Waals surface area contributed by atoms with Crippen LogP contribution in [0, 0.1) is 19.7 Å². The summed E-state index contributed by atoms with van der Waals surface area (Å²) < 4.78 is 15.1. The average molecular weight is 377 g/mol. The molecule has 1 aliphatic heterocycles. The van der Waals surface area contributed by atoms with Crippen LogP contribution in [0.3, 0.4) is 0 Å². The number of carbonyl (C=O) groups excluding carboxylic acids is 1. The first-order valence-corrected chi connectivity index (χ1v) is 9.76. The van der Waals surface area contributed by atoms with E-state index >= 15 is 0 Å². The van der Waals surface area contributed by atoms with Crippen LogP contribution in [-0.2, 0) is 0 Å². The third-order valence-corrected chi connectivity index (χ3v) is 5.30. The molecule has 3 aromatic rings. The molecule has 144 valence electrons. The summed E-state index contributed by atoms with van der Waals surface area (Å²) in [7, 11) is 0. The van der Waals surface area contributed by atoms with Gasteiger partial charge < -0.3 is 4.90 Å². The monoisotopic (exact) mass is 377 g/mol. The van der Waals surface area contributed by atoms with Crippen molar-refractivity contribution in [1.29, 1.82) is 0 Å². The average Bonchev–Trinajstić information content (AvgIpc) is 3.15. The Morgan fingerprint density at radius 1 is 0.964 bits per heavy atom. The Morgan fingerprint density at radius 2 is 1.68 bits per heavy atom. The van der Waals surface area contributed by atoms with E-state index in [0.29, 0.717) is 11.4 Å². The van der Waals surface area contributed by atoms with Crippen molar-refractivity contribution in [2.75, 3.05) is 13.1 Å². The Kier molecular flexibility index (Phi) is 4.99. The van der Waals surface area contributed by atoms with E-state index in [1.54, 1.807) is 16.8 Å². The first-order valence-electron chi connectivity index (χ1n) is 9.76. The molecule has 28 heavy (non-hydrogen) atoms. The molecule has 4 rings (SSSR count). The van der Waals surface area contributed by atoms with Crippen LogP contribution in [0.2, 0.25) is 0 Å². The van der Waals surface area contributed by atoms with Gasteiger partial charge in [-0.05, 0) is 80.6 Å². The number of amides is 1. The zero-order chi connectivity index (χ0) is 19.7. The van der Waals surface area contributed by atoms with Crippen molar-refractivity contribution < 1.29 is 9.18 Å². The Bertz CT molecular complexity index is 1000. The third-order valence-electron chi connectivity index (χ3n) is 5.30. The van der Waals surface area contributed by atoms with Crippen molar-refractivity contribution in [2.24, 2.45) is 0 Å². The van der Waals surface area contributed by atoms with Crippen molar-refractivity contribution >= 4 is 5.91 Å². The van der Waals surface area contributed by atoms with Crippen molar-refractivity contribution in [1.82, 2.24) is 14.7 Å². The molecule has 0 spiro atoms. The SMILES string of the molecule is Cc1ccc(C)c(-n2nc(-c3ccc(F)cc3)cc2C(=O)N2CCCCC2)c1. The largest absolute Gasteiger partial charge is 0.337 e. The van der Waals surface area contributed by atoms with Gasteiger partial charge in [-0.25, -0.2) is 9.07 Å². The number of hydrogen-bond donors (Lipinski definition) is 0. The van der Waals surface area contributed by atoms with E-state index in [0.717, 1.165) is 48.3 Å². The molecule has 0 saturated carbocycles. The smallest absolute Gasteiger partial charge is 0.272 e. The maximum absolute atomic E-state index is 13.3. The second kappa shape index (κ2) is 7.58. The predicted molar refractivity (Wildman–Crippen MR) is 108 cm³/mol. The number of aryl methyl sites for hydroxylation is 2. The number of piperidine rings is 1. The molecule has 1 saturated heterocycles. The van der Waals surface area contributed by atoms with Gasteiger partial charge in [-0.1, -0.05) is 12.1 Å². The topological polar surface area (TPSA) is 38.1 Å². The summed E-state index contributed by atoms with van der Waals surface area (Å²) in [6.45, 7) is 5.61. The molecule has 1 aromatic heterocycles. The first-order chi connectivity index (χ1) is 13.5. The quantitative estimate of drug-likeness (QED) is 0.650. The molecule has 4 nitrogen and oxygen atoms in total. The van der Waals surface area contributed by atoms with E-state index in [2.05, 4.69) is 6.07 Å². The minimum absolute atomic E-state index is 0.00136. The lowest BCUT2D eigenvalue weighted by atomic mass is 10.1. The fraction of sp³-hybridized carbons (Fsp3) is 0.304. The molecule has 0 aliphatic carbocycles. The molecule has 0 atom stereocenters. The molecule has 0 N–H and O–H groups in total. The van der Waals surface area contributed by atoms with Gasteiger partial charge in [0.1, 0.15) is 11.5 Å². The lowest BCUT2D eigenvalue weighted by molar-refractivity contribution is 0.0715. The number of benzene rings is 2. The third kappa shape index (κ3) is 3.57. The second-order valence-corrected chi connectivity index (χ2v) is 7.48. The summed E-state index contributed by atoms with van der Waals surface area (Å²) >= 11 is 0. The van der Waals surface area contributed by atoms with Crippen LogP contribution >= 0.6 is 0 Å². The van der Waals surface area contributed by atoms with Gasteiger partial charge in [0.2, 0.25) is 0 Å². The van der Waals surface area contributed by atoms with Crippen LogP contribution in [0.25, 0.3) is 16.9 Å². The molecule has 2 heterocycles. The molecule has 0 radical (unpaired) electrons.